The molecule has 2 rings (SSSR count). The lowest BCUT2D eigenvalue weighted by atomic mass is 10.1. The third kappa shape index (κ3) is 4.44. The zero-order chi connectivity index (χ0) is 16.5. The zero-order valence-corrected chi connectivity index (χ0v) is 13.5. The first-order valence-corrected chi connectivity index (χ1v) is 7.51. The fourth-order valence-corrected chi connectivity index (χ4v) is 2.47. The Hall–Kier alpha value is -1.62. The molecule has 6 heteroatoms. The minimum Gasteiger partial charge on any atom is -0.444 e. The normalized spacial score (nSPS) is 20.4. The fraction of sp³-hybridized carbons (Fsp3) is 0.500. The van der Waals surface area contributed by atoms with Crippen LogP contribution < -0.4 is 5.32 Å². The van der Waals surface area contributed by atoms with Crippen LogP contribution in [0.4, 0.5) is 9.18 Å². The molecule has 1 aliphatic carbocycles. The summed E-state index contributed by atoms with van der Waals surface area (Å²) in [5.74, 6) is -0.694. The Morgan fingerprint density at radius 2 is 2.09 bits per heavy atom. The van der Waals surface area contributed by atoms with E-state index in [9.17, 15) is 14.0 Å². The van der Waals surface area contributed by atoms with Gasteiger partial charge in [-0.2, -0.15) is 0 Å². The van der Waals surface area contributed by atoms with Gasteiger partial charge in [0.25, 0.3) is 0 Å². The van der Waals surface area contributed by atoms with Crippen LogP contribution in [-0.4, -0.2) is 24.0 Å². The molecule has 0 heterocycles. The van der Waals surface area contributed by atoms with Crippen LogP contribution in [0, 0.1) is 17.7 Å². The SMILES string of the molecule is CC(C)(C)OC(=O)NCC1CC1C(=O)c1ccc(F)cc1Cl. The summed E-state index contributed by atoms with van der Waals surface area (Å²) in [6, 6.07) is 3.75. The highest BCUT2D eigenvalue weighted by molar-refractivity contribution is 6.34. The van der Waals surface area contributed by atoms with Crippen molar-refractivity contribution in [3.63, 3.8) is 0 Å². The first kappa shape index (κ1) is 16.7. The number of alkyl carbamates (subject to hydrolysis) is 1. The molecule has 1 amide bonds. The summed E-state index contributed by atoms with van der Waals surface area (Å²) < 4.78 is 18.1. The van der Waals surface area contributed by atoms with Crippen molar-refractivity contribution in [2.75, 3.05) is 6.54 Å². The van der Waals surface area contributed by atoms with E-state index in [2.05, 4.69) is 5.32 Å². The molecule has 1 N–H and O–H groups in total. The first-order valence-electron chi connectivity index (χ1n) is 7.13. The molecule has 1 aliphatic rings. The molecular weight excluding hydrogens is 309 g/mol. The molecule has 0 bridgehead atoms. The van der Waals surface area contributed by atoms with Gasteiger partial charge in [0, 0.05) is 18.0 Å². The summed E-state index contributed by atoms with van der Waals surface area (Å²) in [5.41, 5.74) is -0.224. The van der Waals surface area contributed by atoms with Gasteiger partial charge in [0.05, 0.1) is 5.02 Å². The number of rotatable bonds is 4. The number of carbonyl (C=O) groups is 2. The molecule has 4 nitrogen and oxygen atoms in total. The van der Waals surface area contributed by atoms with E-state index < -0.39 is 17.5 Å². The fourth-order valence-electron chi connectivity index (χ4n) is 2.21. The van der Waals surface area contributed by atoms with Crippen LogP contribution in [0.15, 0.2) is 18.2 Å². The predicted octanol–water partition coefficient (Wildman–Crippen LogP) is 3.82. The molecule has 2 unspecified atom stereocenters. The maximum Gasteiger partial charge on any atom is 0.407 e. The van der Waals surface area contributed by atoms with Crippen molar-refractivity contribution in [3.8, 4) is 0 Å². The van der Waals surface area contributed by atoms with Crippen molar-refractivity contribution in [2.45, 2.75) is 32.8 Å². The van der Waals surface area contributed by atoms with E-state index in [-0.39, 0.29) is 22.6 Å². The van der Waals surface area contributed by atoms with Gasteiger partial charge in [0.1, 0.15) is 11.4 Å². The molecule has 0 radical (unpaired) electrons. The maximum atomic E-state index is 13.0. The topological polar surface area (TPSA) is 55.4 Å². The van der Waals surface area contributed by atoms with Crippen LogP contribution in [-0.2, 0) is 4.74 Å². The number of carbonyl (C=O) groups excluding carboxylic acids is 2. The molecule has 0 aliphatic heterocycles. The number of Topliss-reactive ketones (excluding diaryl/α,β-unsaturated/α-hetero) is 1. The number of ketones is 1. The average Bonchev–Trinajstić information content (AvgIpc) is 3.13. The van der Waals surface area contributed by atoms with Gasteiger partial charge in [-0.3, -0.25) is 4.79 Å². The van der Waals surface area contributed by atoms with Crippen molar-refractivity contribution in [2.24, 2.45) is 11.8 Å². The highest BCUT2D eigenvalue weighted by Gasteiger charge is 2.43. The average molecular weight is 328 g/mol. The van der Waals surface area contributed by atoms with E-state index in [1.807, 2.05) is 0 Å². The molecule has 0 spiro atoms. The number of ether oxygens (including phenoxy) is 1. The molecule has 1 aromatic carbocycles. The minimum atomic E-state index is -0.551. The molecule has 22 heavy (non-hydrogen) atoms. The van der Waals surface area contributed by atoms with Crippen LogP contribution in [0.3, 0.4) is 0 Å². The van der Waals surface area contributed by atoms with Crippen molar-refractivity contribution in [1.82, 2.24) is 5.32 Å². The van der Waals surface area contributed by atoms with E-state index in [0.717, 1.165) is 6.07 Å². The molecule has 0 saturated heterocycles. The second-order valence-electron chi connectivity index (χ2n) is 6.47. The second-order valence-corrected chi connectivity index (χ2v) is 6.88. The summed E-state index contributed by atoms with van der Waals surface area (Å²) in [7, 11) is 0. The third-order valence-corrected chi connectivity index (χ3v) is 3.68. The number of amides is 1. The lowest BCUT2D eigenvalue weighted by Crippen LogP contribution is -2.33. The molecule has 1 fully saturated rings. The van der Waals surface area contributed by atoms with Crippen LogP contribution in [0.5, 0.6) is 0 Å². The van der Waals surface area contributed by atoms with Crippen LogP contribution >= 0.6 is 11.6 Å². The number of benzene rings is 1. The van der Waals surface area contributed by atoms with Crippen molar-refractivity contribution in [1.29, 1.82) is 0 Å². The number of hydrogen-bond acceptors (Lipinski definition) is 3. The van der Waals surface area contributed by atoms with E-state index in [1.54, 1.807) is 20.8 Å². The molecule has 120 valence electrons. The van der Waals surface area contributed by atoms with Crippen molar-refractivity contribution < 1.29 is 18.7 Å². The Kier molecular flexibility index (Phi) is 4.75. The summed E-state index contributed by atoms with van der Waals surface area (Å²) >= 11 is 5.89. The summed E-state index contributed by atoms with van der Waals surface area (Å²) in [6.07, 6.45) is 0.188. The maximum absolute atomic E-state index is 13.0. The van der Waals surface area contributed by atoms with E-state index in [0.29, 0.717) is 18.5 Å². The van der Waals surface area contributed by atoms with Gasteiger partial charge in [-0.05, 0) is 51.3 Å². The second kappa shape index (κ2) is 6.24. The Morgan fingerprint density at radius 1 is 1.41 bits per heavy atom. The highest BCUT2D eigenvalue weighted by Crippen LogP contribution is 2.41. The standard InChI is InChI=1S/C16H19ClFNO3/c1-16(2,3)22-15(21)19-8-9-6-12(9)14(20)11-5-4-10(18)7-13(11)17/h4-5,7,9,12H,6,8H2,1-3H3,(H,19,21). The van der Waals surface area contributed by atoms with Gasteiger partial charge in [0.2, 0.25) is 0 Å². The molecule has 1 saturated carbocycles. The Morgan fingerprint density at radius 3 is 2.68 bits per heavy atom. The van der Waals surface area contributed by atoms with Gasteiger partial charge >= 0.3 is 6.09 Å². The van der Waals surface area contributed by atoms with E-state index >= 15 is 0 Å². The van der Waals surface area contributed by atoms with E-state index in [4.69, 9.17) is 16.3 Å². The molecule has 0 aromatic heterocycles. The molecular formula is C16H19ClFNO3. The van der Waals surface area contributed by atoms with Crippen LogP contribution in [0.2, 0.25) is 5.02 Å². The Bertz CT molecular complexity index is 598. The minimum absolute atomic E-state index is 0.0705. The lowest BCUT2D eigenvalue weighted by Gasteiger charge is -2.19. The molecule has 1 aromatic rings. The van der Waals surface area contributed by atoms with Crippen molar-refractivity contribution >= 4 is 23.5 Å². The Labute approximate surface area is 134 Å². The van der Waals surface area contributed by atoms with Crippen molar-refractivity contribution in [3.05, 3.63) is 34.6 Å². The monoisotopic (exact) mass is 327 g/mol. The van der Waals surface area contributed by atoms with Gasteiger partial charge in [0.15, 0.2) is 5.78 Å². The number of halogens is 2. The smallest absolute Gasteiger partial charge is 0.407 e. The summed E-state index contributed by atoms with van der Waals surface area (Å²) in [4.78, 5) is 23.8. The van der Waals surface area contributed by atoms with Crippen LogP contribution in [0.25, 0.3) is 0 Å². The number of nitrogens with one attached hydrogen (secondary N) is 1. The summed E-state index contributed by atoms with van der Waals surface area (Å²) in [6.45, 7) is 5.73. The first-order chi connectivity index (χ1) is 10.2. The largest absolute Gasteiger partial charge is 0.444 e. The number of hydrogen-bond donors (Lipinski definition) is 1. The lowest BCUT2D eigenvalue weighted by molar-refractivity contribution is 0.0523. The third-order valence-electron chi connectivity index (χ3n) is 3.36. The predicted molar refractivity (Wildman–Crippen MR) is 81.6 cm³/mol. The zero-order valence-electron chi connectivity index (χ0n) is 12.8. The van der Waals surface area contributed by atoms with Gasteiger partial charge in [-0.1, -0.05) is 11.6 Å². The van der Waals surface area contributed by atoms with Gasteiger partial charge in [-0.15, -0.1) is 0 Å². The van der Waals surface area contributed by atoms with Gasteiger partial charge in [-0.25, -0.2) is 9.18 Å². The van der Waals surface area contributed by atoms with E-state index in [1.165, 1.54) is 12.1 Å². The van der Waals surface area contributed by atoms with Crippen LogP contribution in [0.1, 0.15) is 37.6 Å². The quantitative estimate of drug-likeness (QED) is 0.855. The highest BCUT2D eigenvalue weighted by atomic mass is 35.5. The summed E-state index contributed by atoms with van der Waals surface area (Å²) in [5, 5.41) is 2.78. The van der Waals surface area contributed by atoms with Gasteiger partial charge < -0.3 is 10.1 Å². The molecule has 2 atom stereocenters. The Balaban J connectivity index is 1.85.